The number of fused-ring (bicyclic) bond motifs is 1. The fourth-order valence-corrected chi connectivity index (χ4v) is 3.12. The summed E-state index contributed by atoms with van der Waals surface area (Å²) in [6, 6.07) is 3.99. The zero-order chi connectivity index (χ0) is 17.6. The molecule has 1 aliphatic carbocycles. The quantitative estimate of drug-likeness (QED) is 0.918. The minimum absolute atomic E-state index is 0.0659. The molecule has 1 saturated carbocycles. The van der Waals surface area contributed by atoms with Crippen LogP contribution in [0.4, 0.5) is 10.6 Å². The maximum atomic E-state index is 11.9. The van der Waals surface area contributed by atoms with Gasteiger partial charge in [-0.1, -0.05) is 0 Å². The molecule has 134 valence electrons. The molecule has 1 saturated heterocycles. The molecular weight excluding hydrogens is 320 g/mol. The lowest BCUT2D eigenvalue weighted by molar-refractivity contribution is 0.0509. The monoisotopic (exact) mass is 344 g/mol. The Morgan fingerprint density at radius 3 is 2.76 bits per heavy atom. The molecule has 0 spiro atoms. The first-order valence-corrected chi connectivity index (χ1v) is 8.86. The number of amides is 1. The average molecular weight is 344 g/mol. The third-order valence-electron chi connectivity index (χ3n) is 4.45. The second-order valence-corrected chi connectivity index (χ2v) is 7.87. The second kappa shape index (κ2) is 5.86. The molecule has 2 aromatic rings. The van der Waals surface area contributed by atoms with E-state index in [2.05, 4.69) is 20.4 Å². The molecule has 0 radical (unpaired) electrons. The summed E-state index contributed by atoms with van der Waals surface area (Å²) in [5.41, 5.74) is 0.302. The summed E-state index contributed by atoms with van der Waals surface area (Å²) >= 11 is 0. The topological polar surface area (TPSA) is 84.6 Å². The Hall–Kier alpha value is -2.38. The van der Waals surface area contributed by atoms with E-state index in [0.29, 0.717) is 5.92 Å². The van der Waals surface area contributed by atoms with E-state index in [4.69, 9.17) is 9.84 Å². The molecule has 0 bridgehead atoms. The molecule has 3 heterocycles. The van der Waals surface area contributed by atoms with E-state index in [1.807, 2.05) is 37.4 Å². The Bertz CT molecular complexity index is 792. The highest BCUT2D eigenvalue weighted by atomic mass is 16.6. The molecule has 2 aliphatic rings. The van der Waals surface area contributed by atoms with Crippen LogP contribution in [0, 0.1) is 0 Å². The number of hydrogen-bond acceptors (Lipinski definition) is 6. The van der Waals surface area contributed by atoms with Crippen molar-refractivity contribution in [3.05, 3.63) is 18.0 Å². The van der Waals surface area contributed by atoms with E-state index in [1.54, 1.807) is 0 Å². The van der Waals surface area contributed by atoms with Gasteiger partial charge in [-0.25, -0.2) is 4.79 Å². The van der Waals surface area contributed by atoms with Gasteiger partial charge in [0.1, 0.15) is 11.4 Å². The standard InChI is InChI=1S/C17H24N6O2/c1-17(2,3)25-16(24)18-12-8-9-22(10-12)14-7-6-13-19-20-15(11-4-5-11)23(13)21-14/h6-7,11-12H,4-5,8-10H2,1-3H3,(H,18,24)/t12-/m0/s1. The van der Waals surface area contributed by atoms with Crippen molar-refractivity contribution in [2.75, 3.05) is 18.0 Å². The molecule has 0 aromatic carbocycles. The van der Waals surface area contributed by atoms with Crippen LogP contribution in [0.25, 0.3) is 5.65 Å². The first-order chi connectivity index (χ1) is 11.9. The molecule has 1 amide bonds. The number of rotatable bonds is 3. The summed E-state index contributed by atoms with van der Waals surface area (Å²) in [4.78, 5) is 14.1. The van der Waals surface area contributed by atoms with Crippen LogP contribution in [-0.2, 0) is 4.74 Å². The van der Waals surface area contributed by atoms with Crippen LogP contribution >= 0.6 is 0 Å². The van der Waals surface area contributed by atoms with Gasteiger partial charge >= 0.3 is 6.09 Å². The van der Waals surface area contributed by atoms with Crippen LogP contribution in [0.3, 0.4) is 0 Å². The van der Waals surface area contributed by atoms with Gasteiger partial charge in [-0.05, 0) is 52.2 Å². The van der Waals surface area contributed by atoms with Crippen molar-refractivity contribution in [2.24, 2.45) is 0 Å². The van der Waals surface area contributed by atoms with Gasteiger partial charge in [0.2, 0.25) is 0 Å². The van der Waals surface area contributed by atoms with Crippen LogP contribution in [-0.4, -0.2) is 50.6 Å². The van der Waals surface area contributed by atoms with Crippen molar-refractivity contribution in [1.29, 1.82) is 0 Å². The number of anilines is 1. The molecule has 8 heteroatoms. The summed E-state index contributed by atoms with van der Waals surface area (Å²) < 4.78 is 7.19. The summed E-state index contributed by atoms with van der Waals surface area (Å²) in [7, 11) is 0. The first kappa shape index (κ1) is 16.1. The Morgan fingerprint density at radius 1 is 1.24 bits per heavy atom. The Balaban J connectivity index is 1.44. The van der Waals surface area contributed by atoms with Gasteiger partial charge in [-0.15, -0.1) is 15.3 Å². The molecule has 1 aliphatic heterocycles. The summed E-state index contributed by atoms with van der Waals surface area (Å²) in [6.45, 7) is 7.16. The third-order valence-corrected chi connectivity index (χ3v) is 4.45. The normalized spacial score (nSPS) is 20.9. The number of carbonyl (C=O) groups excluding carboxylic acids is 1. The van der Waals surface area contributed by atoms with Crippen LogP contribution in [0.1, 0.15) is 51.8 Å². The third kappa shape index (κ3) is 3.52. The second-order valence-electron chi connectivity index (χ2n) is 7.87. The highest BCUT2D eigenvalue weighted by Gasteiger charge is 2.30. The van der Waals surface area contributed by atoms with E-state index in [0.717, 1.165) is 49.6 Å². The summed E-state index contributed by atoms with van der Waals surface area (Å²) in [6.07, 6.45) is 2.84. The molecule has 2 aromatic heterocycles. The van der Waals surface area contributed by atoms with Gasteiger partial charge in [0.15, 0.2) is 11.5 Å². The molecule has 8 nitrogen and oxygen atoms in total. The molecule has 1 atom stereocenters. The van der Waals surface area contributed by atoms with E-state index in [1.165, 1.54) is 0 Å². The predicted molar refractivity (Wildman–Crippen MR) is 92.7 cm³/mol. The van der Waals surface area contributed by atoms with E-state index < -0.39 is 5.60 Å². The van der Waals surface area contributed by atoms with Crippen molar-refractivity contribution in [3.8, 4) is 0 Å². The molecule has 0 unspecified atom stereocenters. The van der Waals surface area contributed by atoms with Crippen LogP contribution in [0.5, 0.6) is 0 Å². The van der Waals surface area contributed by atoms with Crippen LogP contribution in [0.15, 0.2) is 12.1 Å². The lowest BCUT2D eigenvalue weighted by Crippen LogP contribution is -2.40. The van der Waals surface area contributed by atoms with Crippen LogP contribution < -0.4 is 10.2 Å². The molecule has 4 rings (SSSR count). The van der Waals surface area contributed by atoms with E-state index >= 15 is 0 Å². The number of alkyl carbamates (subject to hydrolysis) is 1. The lowest BCUT2D eigenvalue weighted by atomic mass is 10.2. The zero-order valence-electron chi connectivity index (χ0n) is 14.9. The lowest BCUT2D eigenvalue weighted by Gasteiger charge is -2.22. The first-order valence-electron chi connectivity index (χ1n) is 8.86. The number of carbonyl (C=O) groups is 1. The molecular formula is C17H24N6O2. The predicted octanol–water partition coefficient (Wildman–Crippen LogP) is 2.11. The molecule has 2 fully saturated rings. The molecule has 1 N–H and O–H groups in total. The number of nitrogens with one attached hydrogen (secondary N) is 1. The highest BCUT2D eigenvalue weighted by molar-refractivity contribution is 5.68. The Kier molecular flexibility index (Phi) is 3.77. The van der Waals surface area contributed by atoms with Crippen molar-refractivity contribution >= 4 is 17.6 Å². The minimum Gasteiger partial charge on any atom is -0.444 e. The maximum absolute atomic E-state index is 11.9. The van der Waals surface area contributed by atoms with Gasteiger partial charge in [0, 0.05) is 19.0 Å². The maximum Gasteiger partial charge on any atom is 0.407 e. The summed E-state index contributed by atoms with van der Waals surface area (Å²) in [5.74, 6) is 2.35. The van der Waals surface area contributed by atoms with Crippen molar-refractivity contribution in [2.45, 2.75) is 57.6 Å². The van der Waals surface area contributed by atoms with Gasteiger partial charge < -0.3 is 15.0 Å². The van der Waals surface area contributed by atoms with Crippen molar-refractivity contribution < 1.29 is 9.53 Å². The van der Waals surface area contributed by atoms with Gasteiger partial charge in [-0.3, -0.25) is 0 Å². The number of ether oxygens (including phenoxy) is 1. The fraction of sp³-hybridized carbons (Fsp3) is 0.647. The van der Waals surface area contributed by atoms with Crippen molar-refractivity contribution in [3.63, 3.8) is 0 Å². The SMILES string of the molecule is CC(C)(C)OC(=O)N[C@H]1CCN(c2ccc3nnc(C4CC4)n3n2)C1. The Morgan fingerprint density at radius 2 is 2.04 bits per heavy atom. The average Bonchev–Trinajstić information content (AvgIpc) is 3.11. The van der Waals surface area contributed by atoms with E-state index in [9.17, 15) is 4.79 Å². The Labute approximate surface area is 146 Å². The largest absolute Gasteiger partial charge is 0.444 e. The van der Waals surface area contributed by atoms with Gasteiger partial charge in [-0.2, -0.15) is 4.52 Å². The van der Waals surface area contributed by atoms with Crippen molar-refractivity contribution in [1.82, 2.24) is 25.1 Å². The van der Waals surface area contributed by atoms with Gasteiger partial charge in [0.05, 0.1) is 6.04 Å². The fourth-order valence-electron chi connectivity index (χ4n) is 3.12. The number of aromatic nitrogens is 4. The molecule has 25 heavy (non-hydrogen) atoms. The summed E-state index contributed by atoms with van der Waals surface area (Å²) in [5, 5.41) is 16.1. The zero-order valence-corrected chi connectivity index (χ0v) is 14.9. The smallest absolute Gasteiger partial charge is 0.407 e. The van der Waals surface area contributed by atoms with Gasteiger partial charge in [0.25, 0.3) is 0 Å². The number of hydrogen-bond donors (Lipinski definition) is 1. The highest BCUT2D eigenvalue weighted by Crippen LogP contribution is 2.38. The van der Waals surface area contributed by atoms with Crippen LogP contribution in [0.2, 0.25) is 0 Å². The minimum atomic E-state index is -0.484. The van der Waals surface area contributed by atoms with E-state index in [-0.39, 0.29) is 12.1 Å². The number of nitrogens with zero attached hydrogens (tertiary/aromatic N) is 5.